The second kappa shape index (κ2) is 6.78. The fourth-order valence-corrected chi connectivity index (χ4v) is 5.94. The van der Waals surface area contributed by atoms with Crippen LogP contribution >= 0.6 is 0 Å². The highest BCUT2D eigenvalue weighted by atomic mass is 16.2. The highest BCUT2D eigenvalue weighted by molar-refractivity contribution is 5.98. The predicted molar refractivity (Wildman–Crippen MR) is 124 cm³/mol. The number of nitrogens with zero attached hydrogens (tertiary/aromatic N) is 1. The SMILES string of the molecule is CCC1(C(=O)Nc2cnc3ccccc3c2)CC2c3ccccc3C1c1ccccc12. The normalized spacial score (nSPS) is 23.3. The maximum atomic E-state index is 13.9. The van der Waals surface area contributed by atoms with Gasteiger partial charge in [0.1, 0.15) is 0 Å². The molecule has 3 heteroatoms. The summed E-state index contributed by atoms with van der Waals surface area (Å²) in [5, 5.41) is 4.27. The minimum absolute atomic E-state index is 0.0725. The molecular formula is C28H24N2O. The van der Waals surface area contributed by atoms with Crippen molar-refractivity contribution in [2.75, 3.05) is 5.32 Å². The number of nitrogens with one attached hydrogen (secondary N) is 1. The molecular weight excluding hydrogens is 380 g/mol. The van der Waals surface area contributed by atoms with Crippen molar-refractivity contribution in [3.8, 4) is 0 Å². The maximum absolute atomic E-state index is 13.9. The van der Waals surface area contributed by atoms with Crippen LogP contribution in [0.1, 0.15) is 53.9 Å². The number of rotatable bonds is 3. The van der Waals surface area contributed by atoms with Gasteiger partial charge in [-0.2, -0.15) is 0 Å². The van der Waals surface area contributed by atoms with Crippen molar-refractivity contribution >= 4 is 22.5 Å². The summed E-state index contributed by atoms with van der Waals surface area (Å²) in [6, 6.07) is 27.4. The first-order valence-electron chi connectivity index (χ1n) is 11.0. The molecule has 1 N–H and O–H groups in total. The predicted octanol–water partition coefficient (Wildman–Crippen LogP) is 6.25. The Morgan fingerprint density at radius 1 is 0.935 bits per heavy atom. The number of anilines is 1. The molecule has 0 fully saturated rings. The highest BCUT2D eigenvalue weighted by Gasteiger charge is 2.55. The van der Waals surface area contributed by atoms with Gasteiger partial charge in [0.2, 0.25) is 5.91 Å². The zero-order valence-electron chi connectivity index (χ0n) is 17.5. The number of benzene rings is 3. The lowest BCUT2D eigenvalue weighted by Crippen LogP contribution is -2.48. The van der Waals surface area contributed by atoms with Crippen LogP contribution in [0.3, 0.4) is 0 Å². The Hall–Kier alpha value is -3.46. The van der Waals surface area contributed by atoms with Gasteiger partial charge in [0, 0.05) is 17.2 Å². The van der Waals surface area contributed by atoms with Gasteiger partial charge in [-0.3, -0.25) is 9.78 Å². The quantitative estimate of drug-likeness (QED) is 0.438. The molecule has 0 radical (unpaired) electrons. The molecule has 152 valence electrons. The van der Waals surface area contributed by atoms with Crippen molar-refractivity contribution in [3.63, 3.8) is 0 Å². The van der Waals surface area contributed by atoms with Crippen molar-refractivity contribution in [3.05, 3.63) is 107 Å². The first-order valence-corrected chi connectivity index (χ1v) is 11.0. The number of hydrogen-bond donors (Lipinski definition) is 1. The Kier molecular flexibility index (Phi) is 4.01. The van der Waals surface area contributed by atoms with Crippen LogP contribution in [0.25, 0.3) is 10.9 Å². The molecule has 2 bridgehead atoms. The Morgan fingerprint density at radius 2 is 1.55 bits per heavy atom. The number of amides is 1. The molecule has 1 aromatic heterocycles. The van der Waals surface area contributed by atoms with Gasteiger partial charge >= 0.3 is 0 Å². The molecule has 31 heavy (non-hydrogen) atoms. The molecule has 3 aromatic carbocycles. The smallest absolute Gasteiger partial charge is 0.231 e. The van der Waals surface area contributed by atoms with Crippen molar-refractivity contribution in [2.24, 2.45) is 5.41 Å². The lowest BCUT2D eigenvalue weighted by Gasteiger charge is -2.52. The summed E-state index contributed by atoms with van der Waals surface area (Å²) in [5.41, 5.74) is 6.62. The third kappa shape index (κ3) is 2.59. The number of para-hydroxylation sites is 1. The molecule has 0 saturated heterocycles. The third-order valence-corrected chi connectivity index (χ3v) is 7.42. The topological polar surface area (TPSA) is 42.0 Å². The number of carbonyl (C=O) groups excluding carboxylic acids is 1. The van der Waals surface area contributed by atoms with Crippen LogP contribution in [-0.2, 0) is 4.79 Å². The van der Waals surface area contributed by atoms with Gasteiger partial charge in [-0.1, -0.05) is 73.7 Å². The Balaban J connectivity index is 1.45. The number of carbonyl (C=O) groups is 1. The fourth-order valence-electron chi connectivity index (χ4n) is 5.94. The zero-order chi connectivity index (χ0) is 21.0. The van der Waals surface area contributed by atoms with E-state index in [9.17, 15) is 4.79 Å². The highest BCUT2D eigenvalue weighted by Crippen LogP contribution is 2.62. The molecule has 0 spiro atoms. The van der Waals surface area contributed by atoms with Crippen molar-refractivity contribution < 1.29 is 4.79 Å². The van der Waals surface area contributed by atoms with Crippen LogP contribution < -0.4 is 5.32 Å². The van der Waals surface area contributed by atoms with E-state index in [-0.39, 0.29) is 17.7 Å². The molecule has 1 amide bonds. The van der Waals surface area contributed by atoms with Crippen LogP contribution in [-0.4, -0.2) is 10.9 Å². The van der Waals surface area contributed by atoms with Crippen molar-refractivity contribution in [2.45, 2.75) is 31.6 Å². The van der Waals surface area contributed by atoms with Gasteiger partial charge in [0.25, 0.3) is 0 Å². The number of hydrogen-bond acceptors (Lipinski definition) is 2. The van der Waals surface area contributed by atoms with Gasteiger partial charge in [0.15, 0.2) is 0 Å². The van der Waals surface area contributed by atoms with E-state index in [0.717, 1.165) is 29.4 Å². The summed E-state index contributed by atoms with van der Waals surface area (Å²) >= 11 is 0. The standard InChI is InChI=1S/C28H24N2O/c1-2-28(27(31)30-19-15-18-9-3-8-14-25(18)29-17-19)16-24-20-10-4-6-12-22(20)26(28)23-13-7-5-11-21(23)24/h3-15,17,24,26H,2,16H2,1H3,(H,30,31). The van der Waals surface area contributed by atoms with E-state index < -0.39 is 5.41 Å². The fraction of sp³-hybridized carbons (Fsp3) is 0.214. The summed E-state index contributed by atoms with van der Waals surface area (Å²) in [5.74, 6) is 0.437. The van der Waals surface area contributed by atoms with E-state index in [0.29, 0.717) is 0 Å². The van der Waals surface area contributed by atoms with Crippen LogP contribution in [0.5, 0.6) is 0 Å². The Labute approximate surface area is 182 Å². The maximum Gasteiger partial charge on any atom is 0.231 e. The lowest BCUT2D eigenvalue weighted by atomic mass is 9.51. The van der Waals surface area contributed by atoms with Crippen LogP contribution in [0, 0.1) is 5.41 Å². The van der Waals surface area contributed by atoms with Crippen LogP contribution in [0.4, 0.5) is 5.69 Å². The van der Waals surface area contributed by atoms with E-state index >= 15 is 0 Å². The summed E-state index contributed by atoms with van der Waals surface area (Å²) in [4.78, 5) is 18.5. The summed E-state index contributed by atoms with van der Waals surface area (Å²) in [6.45, 7) is 2.16. The van der Waals surface area contributed by atoms with Gasteiger partial charge in [-0.05, 0) is 47.2 Å². The molecule has 3 nitrogen and oxygen atoms in total. The largest absolute Gasteiger partial charge is 0.324 e. The molecule has 1 heterocycles. The number of aromatic nitrogens is 1. The van der Waals surface area contributed by atoms with Gasteiger partial charge in [-0.15, -0.1) is 0 Å². The van der Waals surface area contributed by atoms with E-state index in [1.165, 1.54) is 22.3 Å². The van der Waals surface area contributed by atoms with Crippen molar-refractivity contribution in [1.82, 2.24) is 4.98 Å². The van der Waals surface area contributed by atoms with E-state index in [1.54, 1.807) is 6.20 Å². The molecule has 1 unspecified atom stereocenters. The van der Waals surface area contributed by atoms with Gasteiger partial charge in [-0.25, -0.2) is 0 Å². The van der Waals surface area contributed by atoms with E-state index in [1.807, 2.05) is 30.3 Å². The zero-order valence-corrected chi connectivity index (χ0v) is 17.5. The van der Waals surface area contributed by atoms with Gasteiger partial charge in [0.05, 0.1) is 22.8 Å². The van der Waals surface area contributed by atoms with E-state index in [2.05, 4.69) is 65.8 Å². The molecule has 1 atom stereocenters. The van der Waals surface area contributed by atoms with Crippen LogP contribution in [0.2, 0.25) is 0 Å². The lowest BCUT2D eigenvalue weighted by molar-refractivity contribution is -0.128. The Bertz CT molecular complexity index is 1280. The second-order valence-electron chi connectivity index (χ2n) is 8.83. The average molecular weight is 405 g/mol. The first-order chi connectivity index (χ1) is 15.2. The second-order valence-corrected chi connectivity index (χ2v) is 8.83. The molecule has 3 aliphatic carbocycles. The third-order valence-electron chi connectivity index (χ3n) is 7.42. The first kappa shape index (κ1) is 18.3. The molecule has 4 aromatic rings. The molecule has 7 rings (SSSR count). The minimum atomic E-state index is -0.473. The molecule has 3 aliphatic rings. The average Bonchev–Trinajstić information content (AvgIpc) is 2.83. The van der Waals surface area contributed by atoms with E-state index in [4.69, 9.17) is 0 Å². The molecule has 0 aliphatic heterocycles. The summed E-state index contributed by atoms with van der Waals surface area (Å²) in [6.07, 6.45) is 3.41. The number of pyridine rings is 1. The van der Waals surface area contributed by atoms with Crippen molar-refractivity contribution in [1.29, 1.82) is 0 Å². The Morgan fingerprint density at radius 3 is 2.23 bits per heavy atom. The monoisotopic (exact) mass is 404 g/mol. The minimum Gasteiger partial charge on any atom is -0.324 e. The summed E-state index contributed by atoms with van der Waals surface area (Å²) < 4.78 is 0. The van der Waals surface area contributed by atoms with Gasteiger partial charge < -0.3 is 5.32 Å². The van der Waals surface area contributed by atoms with Crippen LogP contribution in [0.15, 0.2) is 85.1 Å². The molecule has 0 saturated carbocycles. The number of fused-ring (bicyclic) bond motifs is 2. The summed E-state index contributed by atoms with van der Waals surface area (Å²) in [7, 11) is 0.